The van der Waals surface area contributed by atoms with Crippen LogP contribution in [0.2, 0.25) is 0 Å². The molecular formula is C18H17N3O5. The van der Waals surface area contributed by atoms with Crippen molar-refractivity contribution in [2.24, 2.45) is 0 Å². The minimum absolute atomic E-state index is 0.137. The minimum Gasteiger partial charge on any atom is -0.465 e. The second-order valence-corrected chi connectivity index (χ2v) is 5.83. The number of nitro benzene ring substituents is 1. The smallest absolute Gasteiger partial charge is 0.337 e. The van der Waals surface area contributed by atoms with Crippen LogP contribution in [0.5, 0.6) is 0 Å². The zero-order valence-electron chi connectivity index (χ0n) is 14.1. The van der Waals surface area contributed by atoms with Crippen molar-refractivity contribution in [3.63, 3.8) is 0 Å². The lowest BCUT2D eigenvalue weighted by molar-refractivity contribution is -0.383. The SMILES string of the molecule is COC(=O)c1ccc(Nc2cc(C(=O)N3CCC3)ccc2[N+](=O)[O-])cc1. The summed E-state index contributed by atoms with van der Waals surface area (Å²) in [5.74, 6) is -0.611. The Labute approximate surface area is 149 Å². The number of rotatable bonds is 5. The second-order valence-electron chi connectivity index (χ2n) is 5.83. The Morgan fingerprint density at radius 2 is 1.77 bits per heavy atom. The van der Waals surface area contributed by atoms with Crippen molar-refractivity contribution in [1.29, 1.82) is 0 Å². The summed E-state index contributed by atoms with van der Waals surface area (Å²) in [6.07, 6.45) is 0.969. The lowest BCUT2D eigenvalue weighted by Crippen LogP contribution is -2.42. The fourth-order valence-electron chi connectivity index (χ4n) is 2.59. The first-order chi connectivity index (χ1) is 12.5. The van der Waals surface area contributed by atoms with E-state index in [2.05, 4.69) is 10.1 Å². The molecule has 1 fully saturated rings. The summed E-state index contributed by atoms with van der Waals surface area (Å²) in [5, 5.41) is 14.2. The highest BCUT2D eigenvalue weighted by Crippen LogP contribution is 2.29. The number of nitrogens with zero attached hydrogens (tertiary/aromatic N) is 2. The molecule has 26 heavy (non-hydrogen) atoms. The van der Waals surface area contributed by atoms with Gasteiger partial charge in [-0.2, -0.15) is 0 Å². The van der Waals surface area contributed by atoms with Gasteiger partial charge in [-0.1, -0.05) is 0 Å². The molecule has 0 spiro atoms. The molecule has 0 radical (unpaired) electrons. The van der Waals surface area contributed by atoms with Gasteiger partial charge >= 0.3 is 5.97 Å². The Hall–Kier alpha value is -3.42. The van der Waals surface area contributed by atoms with E-state index < -0.39 is 10.9 Å². The Morgan fingerprint density at radius 1 is 1.12 bits per heavy atom. The van der Waals surface area contributed by atoms with E-state index in [4.69, 9.17) is 0 Å². The van der Waals surface area contributed by atoms with Gasteiger partial charge in [0.15, 0.2) is 0 Å². The number of carbonyl (C=O) groups excluding carboxylic acids is 2. The molecule has 0 saturated carbocycles. The Bertz CT molecular complexity index is 860. The van der Waals surface area contributed by atoms with Crippen LogP contribution in [0.4, 0.5) is 17.1 Å². The van der Waals surface area contributed by atoms with Gasteiger partial charge in [0, 0.05) is 30.4 Å². The van der Waals surface area contributed by atoms with Gasteiger partial charge < -0.3 is 15.0 Å². The number of hydrogen-bond acceptors (Lipinski definition) is 6. The van der Waals surface area contributed by atoms with Crippen LogP contribution in [-0.2, 0) is 4.74 Å². The highest BCUT2D eigenvalue weighted by atomic mass is 16.6. The molecule has 0 atom stereocenters. The fourth-order valence-corrected chi connectivity index (χ4v) is 2.59. The van der Waals surface area contributed by atoms with Crippen LogP contribution >= 0.6 is 0 Å². The van der Waals surface area contributed by atoms with Crippen molar-refractivity contribution in [3.8, 4) is 0 Å². The van der Waals surface area contributed by atoms with Crippen LogP contribution in [-0.4, -0.2) is 41.9 Å². The van der Waals surface area contributed by atoms with Crippen molar-refractivity contribution in [1.82, 2.24) is 4.90 Å². The Morgan fingerprint density at radius 3 is 2.31 bits per heavy atom. The van der Waals surface area contributed by atoms with Crippen molar-refractivity contribution in [3.05, 3.63) is 63.7 Å². The number of hydrogen-bond donors (Lipinski definition) is 1. The lowest BCUT2D eigenvalue weighted by atomic mass is 10.1. The zero-order chi connectivity index (χ0) is 18.7. The van der Waals surface area contributed by atoms with Crippen LogP contribution in [0.15, 0.2) is 42.5 Å². The molecule has 1 aliphatic rings. The number of nitrogens with one attached hydrogen (secondary N) is 1. The minimum atomic E-state index is -0.511. The maximum Gasteiger partial charge on any atom is 0.337 e. The predicted molar refractivity (Wildman–Crippen MR) is 94.7 cm³/mol. The van der Waals surface area contributed by atoms with Gasteiger partial charge in [0.2, 0.25) is 0 Å². The van der Waals surface area contributed by atoms with Gasteiger partial charge in [0.1, 0.15) is 5.69 Å². The molecule has 2 aromatic carbocycles. The quantitative estimate of drug-likeness (QED) is 0.503. The van der Waals surface area contributed by atoms with E-state index in [1.54, 1.807) is 29.2 Å². The molecule has 3 rings (SSSR count). The molecule has 0 unspecified atom stereocenters. The van der Waals surface area contributed by atoms with Gasteiger partial charge in [-0.05, 0) is 42.8 Å². The molecule has 1 N–H and O–H groups in total. The van der Waals surface area contributed by atoms with E-state index in [0.29, 0.717) is 29.9 Å². The topological polar surface area (TPSA) is 102 Å². The number of likely N-dealkylation sites (tertiary alicyclic amines) is 1. The molecule has 1 heterocycles. The largest absolute Gasteiger partial charge is 0.465 e. The summed E-state index contributed by atoms with van der Waals surface area (Å²) >= 11 is 0. The number of methoxy groups -OCH3 is 1. The second kappa shape index (κ2) is 7.22. The van der Waals surface area contributed by atoms with Crippen LogP contribution in [0.1, 0.15) is 27.1 Å². The molecule has 8 nitrogen and oxygen atoms in total. The lowest BCUT2D eigenvalue weighted by Gasteiger charge is -2.31. The summed E-state index contributed by atoms with van der Waals surface area (Å²) in [6.45, 7) is 1.40. The molecule has 134 valence electrons. The molecule has 2 aromatic rings. The van der Waals surface area contributed by atoms with Crippen molar-refractivity contribution >= 4 is 28.9 Å². The molecular weight excluding hydrogens is 338 g/mol. The molecule has 1 aliphatic heterocycles. The average Bonchev–Trinajstić information content (AvgIpc) is 2.60. The third-order valence-electron chi connectivity index (χ3n) is 4.17. The first kappa shape index (κ1) is 17.4. The third-order valence-corrected chi connectivity index (χ3v) is 4.17. The van der Waals surface area contributed by atoms with E-state index in [1.807, 2.05) is 0 Å². The van der Waals surface area contributed by atoms with Crippen LogP contribution in [0.3, 0.4) is 0 Å². The maximum absolute atomic E-state index is 12.3. The first-order valence-corrected chi connectivity index (χ1v) is 8.02. The normalized spacial score (nSPS) is 12.9. The zero-order valence-corrected chi connectivity index (χ0v) is 14.1. The van der Waals surface area contributed by atoms with Crippen molar-refractivity contribution in [2.75, 3.05) is 25.5 Å². The summed E-state index contributed by atoms with van der Waals surface area (Å²) in [6, 6.07) is 10.6. The molecule has 1 amide bonds. The third kappa shape index (κ3) is 3.49. The number of nitro groups is 1. The average molecular weight is 355 g/mol. The molecule has 0 aliphatic carbocycles. The standard InChI is InChI=1S/C18H17N3O5/c1-26-18(23)12-3-6-14(7-4-12)19-15-11-13(5-8-16(15)21(24)25)17(22)20-9-2-10-20/h3-8,11,19H,2,9-10H2,1H3. The Balaban J connectivity index is 1.87. The number of ether oxygens (including phenoxy) is 1. The highest BCUT2D eigenvalue weighted by Gasteiger charge is 2.24. The summed E-state index contributed by atoms with van der Waals surface area (Å²) in [5.41, 5.74) is 1.39. The number of anilines is 2. The highest BCUT2D eigenvalue weighted by molar-refractivity contribution is 5.96. The fraction of sp³-hybridized carbons (Fsp3) is 0.222. The van der Waals surface area contributed by atoms with Gasteiger partial charge in [-0.15, -0.1) is 0 Å². The number of benzene rings is 2. The predicted octanol–water partition coefficient (Wildman–Crippen LogP) is 2.97. The van der Waals surface area contributed by atoms with E-state index in [-0.39, 0.29) is 17.3 Å². The molecule has 1 saturated heterocycles. The monoisotopic (exact) mass is 355 g/mol. The van der Waals surface area contributed by atoms with Crippen molar-refractivity contribution in [2.45, 2.75) is 6.42 Å². The summed E-state index contributed by atoms with van der Waals surface area (Å²) in [7, 11) is 1.29. The van der Waals surface area contributed by atoms with Crippen molar-refractivity contribution < 1.29 is 19.2 Å². The number of esters is 1. The van der Waals surface area contributed by atoms with E-state index >= 15 is 0 Å². The van der Waals surface area contributed by atoms with Gasteiger partial charge in [-0.3, -0.25) is 14.9 Å². The summed E-state index contributed by atoms with van der Waals surface area (Å²) < 4.78 is 4.63. The van der Waals surface area contributed by atoms with Gasteiger partial charge in [0.25, 0.3) is 11.6 Å². The van der Waals surface area contributed by atoms with Gasteiger partial charge in [-0.25, -0.2) is 4.79 Å². The maximum atomic E-state index is 12.3. The molecule has 0 bridgehead atoms. The van der Waals surface area contributed by atoms with E-state index in [0.717, 1.165) is 6.42 Å². The van der Waals surface area contributed by atoms with E-state index in [9.17, 15) is 19.7 Å². The van der Waals surface area contributed by atoms with Crippen LogP contribution in [0.25, 0.3) is 0 Å². The molecule has 8 heteroatoms. The molecule has 0 aromatic heterocycles. The first-order valence-electron chi connectivity index (χ1n) is 8.02. The summed E-state index contributed by atoms with van der Waals surface area (Å²) in [4.78, 5) is 36.3. The number of amides is 1. The van der Waals surface area contributed by atoms with Crippen LogP contribution in [0, 0.1) is 10.1 Å². The van der Waals surface area contributed by atoms with E-state index in [1.165, 1.54) is 25.3 Å². The Kier molecular flexibility index (Phi) is 4.83. The van der Waals surface area contributed by atoms with Gasteiger partial charge in [0.05, 0.1) is 17.6 Å². The van der Waals surface area contributed by atoms with Crippen LogP contribution < -0.4 is 5.32 Å². The number of carbonyl (C=O) groups is 2.